The number of aromatic nitrogens is 2. The molecule has 2 heterocycles. The predicted molar refractivity (Wildman–Crippen MR) is 78.7 cm³/mol. The van der Waals surface area contributed by atoms with Gasteiger partial charge in [-0.1, -0.05) is 6.07 Å². The van der Waals surface area contributed by atoms with Crippen molar-refractivity contribution in [2.45, 2.75) is 19.9 Å². The van der Waals surface area contributed by atoms with Crippen LogP contribution in [0.4, 0.5) is 8.78 Å². The molecular formula is C15H12F2N2OS. The summed E-state index contributed by atoms with van der Waals surface area (Å²) < 4.78 is 27.5. The zero-order valence-electron chi connectivity index (χ0n) is 11.3. The van der Waals surface area contributed by atoms with Gasteiger partial charge in [-0.3, -0.25) is 9.36 Å². The normalized spacial score (nSPS) is 11.2. The van der Waals surface area contributed by atoms with E-state index in [2.05, 4.69) is 4.98 Å². The topological polar surface area (TPSA) is 34.9 Å². The summed E-state index contributed by atoms with van der Waals surface area (Å²) in [5.74, 6) is -1.74. The van der Waals surface area contributed by atoms with E-state index in [9.17, 15) is 13.6 Å². The van der Waals surface area contributed by atoms with Crippen LogP contribution in [0, 0.1) is 18.6 Å². The monoisotopic (exact) mass is 306 g/mol. The van der Waals surface area contributed by atoms with Crippen LogP contribution in [0.15, 0.2) is 34.7 Å². The summed E-state index contributed by atoms with van der Waals surface area (Å²) in [6, 6.07) is 3.77. The molecule has 0 aliphatic heterocycles. The molecule has 0 amide bonds. The Morgan fingerprint density at radius 1 is 1.29 bits per heavy atom. The van der Waals surface area contributed by atoms with E-state index in [1.165, 1.54) is 28.3 Å². The Kier molecular flexibility index (Phi) is 3.55. The number of fused-ring (bicyclic) bond motifs is 1. The van der Waals surface area contributed by atoms with E-state index in [0.717, 1.165) is 22.5 Å². The van der Waals surface area contributed by atoms with Crippen LogP contribution in [0.1, 0.15) is 11.1 Å². The highest BCUT2D eigenvalue weighted by Gasteiger charge is 2.09. The zero-order valence-corrected chi connectivity index (χ0v) is 12.1. The lowest BCUT2D eigenvalue weighted by atomic mass is 10.1. The fourth-order valence-corrected chi connectivity index (χ4v) is 3.09. The van der Waals surface area contributed by atoms with E-state index in [1.54, 1.807) is 0 Å². The van der Waals surface area contributed by atoms with Crippen molar-refractivity contribution in [3.05, 3.63) is 63.0 Å². The molecule has 0 fully saturated rings. The standard InChI is InChI=1S/C15H12F2N2OS/c1-9-7-21-14-13(9)15(20)19(8-18-14)5-4-10-2-3-11(16)12(17)6-10/h2-3,6-8H,4-5H2,1H3. The lowest BCUT2D eigenvalue weighted by Crippen LogP contribution is -2.21. The zero-order chi connectivity index (χ0) is 15.0. The van der Waals surface area contributed by atoms with E-state index in [0.29, 0.717) is 23.9 Å². The number of thiophene rings is 1. The van der Waals surface area contributed by atoms with Crippen LogP contribution in [0.2, 0.25) is 0 Å². The largest absolute Gasteiger partial charge is 0.298 e. The first-order chi connectivity index (χ1) is 10.1. The average molecular weight is 306 g/mol. The Morgan fingerprint density at radius 2 is 2.10 bits per heavy atom. The van der Waals surface area contributed by atoms with Crippen LogP contribution in [0.3, 0.4) is 0 Å². The van der Waals surface area contributed by atoms with Crippen molar-refractivity contribution in [3.63, 3.8) is 0 Å². The van der Waals surface area contributed by atoms with Gasteiger partial charge in [-0.25, -0.2) is 13.8 Å². The summed E-state index contributed by atoms with van der Waals surface area (Å²) in [5.41, 5.74) is 1.46. The Morgan fingerprint density at radius 3 is 2.86 bits per heavy atom. The number of rotatable bonds is 3. The maximum absolute atomic E-state index is 13.1. The second kappa shape index (κ2) is 5.37. The van der Waals surface area contributed by atoms with Crippen LogP contribution >= 0.6 is 11.3 Å². The smallest absolute Gasteiger partial charge is 0.262 e. The molecular weight excluding hydrogens is 294 g/mol. The lowest BCUT2D eigenvalue weighted by molar-refractivity contribution is 0.506. The van der Waals surface area contributed by atoms with Crippen LogP contribution in [0.25, 0.3) is 10.2 Å². The van der Waals surface area contributed by atoms with Crippen LogP contribution in [0.5, 0.6) is 0 Å². The fraction of sp³-hybridized carbons (Fsp3) is 0.200. The third kappa shape index (κ3) is 2.58. The fourth-order valence-electron chi connectivity index (χ4n) is 2.21. The maximum Gasteiger partial charge on any atom is 0.262 e. The molecule has 0 aliphatic rings. The van der Waals surface area contributed by atoms with Gasteiger partial charge < -0.3 is 0 Å². The highest BCUT2D eigenvalue weighted by molar-refractivity contribution is 7.16. The number of benzene rings is 1. The Hall–Kier alpha value is -2.08. The summed E-state index contributed by atoms with van der Waals surface area (Å²) in [4.78, 5) is 17.3. The first-order valence-corrected chi connectivity index (χ1v) is 7.31. The molecule has 108 valence electrons. The second-order valence-electron chi connectivity index (χ2n) is 4.84. The van der Waals surface area contributed by atoms with Crippen molar-refractivity contribution in [2.75, 3.05) is 0 Å². The molecule has 0 unspecified atom stereocenters. The van der Waals surface area contributed by atoms with Crippen molar-refractivity contribution in [3.8, 4) is 0 Å². The van der Waals surface area contributed by atoms with Crippen molar-refractivity contribution in [1.29, 1.82) is 0 Å². The molecule has 0 N–H and O–H groups in total. The van der Waals surface area contributed by atoms with Crippen molar-refractivity contribution < 1.29 is 8.78 Å². The Labute approximate surface area is 123 Å². The molecule has 0 bridgehead atoms. The summed E-state index contributed by atoms with van der Waals surface area (Å²) >= 11 is 1.44. The van der Waals surface area contributed by atoms with Gasteiger partial charge in [0.25, 0.3) is 5.56 Å². The Bertz CT molecular complexity index is 870. The SMILES string of the molecule is Cc1csc2ncn(CCc3ccc(F)c(F)c3)c(=O)c12. The minimum Gasteiger partial charge on any atom is -0.298 e. The molecule has 0 atom stereocenters. The average Bonchev–Trinajstić information content (AvgIpc) is 2.84. The lowest BCUT2D eigenvalue weighted by Gasteiger charge is -2.06. The van der Waals surface area contributed by atoms with Gasteiger partial charge in [0, 0.05) is 6.54 Å². The van der Waals surface area contributed by atoms with Gasteiger partial charge in [0.05, 0.1) is 11.7 Å². The second-order valence-corrected chi connectivity index (χ2v) is 5.70. The van der Waals surface area contributed by atoms with E-state index >= 15 is 0 Å². The van der Waals surface area contributed by atoms with Gasteiger partial charge in [-0.15, -0.1) is 11.3 Å². The first-order valence-electron chi connectivity index (χ1n) is 6.43. The van der Waals surface area contributed by atoms with Gasteiger partial charge in [-0.05, 0) is 42.0 Å². The molecule has 3 aromatic rings. The summed E-state index contributed by atoms with van der Waals surface area (Å²) in [7, 11) is 0. The third-order valence-electron chi connectivity index (χ3n) is 3.37. The molecule has 1 aromatic carbocycles. The van der Waals surface area contributed by atoms with Gasteiger partial charge >= 0.3 is 0 Å². The van der Waals surface area contributed by atoms with Crippen molar-refractivity contribution >= 4 is 21.6 Å². The molecule has 3 rings (SSSR count). The molecule has 6 heteroatoms. The third-order valence-corrected chi connectivity index (χ3v) is 4.37. The van der Waals surface area contributed by atoms with Gasteiger partial charge in [0.1, 0.15) is 4.83 Å². The van der Waals surface area contributed by atoms with E-state index in [1.807, 2.05) is 12.3 Å². The summed E-state index contributed by atoms with van der Waals surface area (Å²) in [6.07, 6.45) is 1.94. The number of hydrogen-bond donors (Lipinski definition) is 0. The van der Waals surface area contributed by atoms with Crippen molar-refractivity contribution in [1.82, 2.24) is 9.55 Å². The van der Waals surface area contributed by atoms with Crippen LogP contribution in [-0.4, -0.2) is 9.55 Å². The highest BCUT2D eigenvalue weighted by atomic mass is 32.1. The minimum atomic E-state index is -0.873. The molecule has 2 aromatic heterocycles. The Balaban J connectivity index is 1.88. The molecule has 0 aliphatic carbocycles. The highest BCUT2D eigenvalue weighted by Crippen LogP contribution is 2.19. The quantitative estimate of drug-likeness (QED) is 0.744. The molecule has 0 radical (unpaired) electrons. The summed E-state index contributed by atoms with van der Waals surface area (Å²) in [5, 5.41) is 2.53. The van der Waals surface area contributed by atoms with Crippen molar-refractivity contribution in [2.24, 2.45) is 0 Å². The number of hydrogen-bond acceptors (Lipinski definition) is 3. The van der Waals surface area contributed by atoms with Crippen LogP contribution < -0.4 is 5.56 Å². The summed E-state index contributed by atoms with van der Waals surface area (Å²) in [6.45, 7) is 2.25. The van der Waals surface area contributed by atoms with Gasteiger partial charge in [-0.2, -0.15) is 0 Å². The first kappa shape index (κ1) is 13.9. The molecule has 21 heavy (non-hydrogen) atoms. The number of aryl methyl sites for hydroxylation is 3. The van der Waals surface area contributed by atoms with Gasteiger partial charge in [0.2, 0.25) is 0 Å². The van der Waals surface area contributed by atoms with E-state index in [4.69, 9.17) is 0 Å². The van der Waals surface area contributed by atoms with Gasteiger partial charge in [0.15, 0.2) is 11.6 Å². The molecule has 3 nitrogen and oxygen atoms in total. The van der Waals surface area contributed by atoms with E-state index < -0.39 is 11.6 Å². The molecule has 0 spiro atoms. The van der Waals surface area contributed by atoms with E-state index in [-0.39, 0.29) is 5.56 Å². The number of nitrogens with zero attached hydrogens (tertiary/aromatic N) is 2. The molecule has 0 saturated carbocycles. The molecule has 0 saturated heterocycles. The number of halogens is 2. The minimum absolute atomic E-state index is 0.0960. The van der Waals surface area contributed by atoms with Crippen LogP contribution in [-0.2, 0) is 13.0 Å². The maximum atomic E-state index is 13.1. The predicted octanol–water partition coefficient (Wildman–Crippen LogP) is 3.29.